The Morgan fingerprint density at radius 2 is 2.06 bits per heavy atom. The summed E-state index contributed by atoms with van der Waals surface area (Å²) in [5.41, 5.74) is 3.90. The van der Waals surface area contributed by atoms with Gasteiger partial charge >= 0.3 is 0 Å². The molecule has 0 saturated carbocycles. The van der Waals surface area contributed by atoms with Gasteiger partial charge in [-0.3, -0.25) is 4.68 Å². The Bertz CT molecular complexity index is 408. The standard InChI is InChI=1S/C14H23BrN2/c1-10(2)11(8-15)7-12-9-17(6)16-13(12)14(3,4)5/h7,9-10H,8H2,1-6H3. The van der Waals surface area contributed by atoms with Gasteiger partial charge in [-0.25, -0.2) is 0 Å². The van der Waals surface area contributed by atoms with Crippen LogP contribution in [0.3, 0.4) is 0 Å². The van der Waals surface area contributed by atoms with Gasteiger partial charge in [0, 0.05) is 29.6 Å². The summed E-state index contributed by atoms with van der Waals surface area (Å²) in [7, 11) is 1.98. The number of aromatic nitrogens is 2. The molecule has 0 amide bonds. The first-order valence-corrected chi connectivity index (χ1v) is 7.18. The molecule has 0 atom stereocenters. The van der Waals surface area contributed by atoms with Gasteiger partial charge < -0.3 is 0 Å². The van der Waals surface area contributed by atoms with Crippen LogP contribution in [0.4, 0.5) is 0 Å². The van der Waals surface area contributed by atoms with Crippen molar-refractivity contribution >= 4 is 22.0 Å². The molecule has 0 aliphatic rings. The molecular formula is C14H23BrN2. The van der Waals surface area contributed by atoms with Gasteiger partial charge in [-0.05, 0) is 5.92 Å². The smallest absolute Gasteiger partial charge is 0.0750 e. The van der Waals surface area contributed by atoms with Crippen LogP contribution < -0.4 is 0 Å². The first kappa shape index (κ1) is 14.5. The summed E-state index contributed by atoms with van der Waals surface area (Å²) in [6.45, 7) is 11.1. The van der Waals surface area contributed by atoms with E-state index < -0.39 is 0 Å². The largest absolute Gasteiger partial charge is 0.275 e. The zero-order valence-electron chi connectivity index (χ0n) is 11.7. The fourth-order valence-electron chi connectivity index (χ4n) is 1.75. The van der Waals surface area contributed by atoms with Crippen LogP contribution in [0.2, 0.25) is 0 Å². The second-order valence-electron chi connectivity index (χ2n) is 5.86. The molecular weight excluding hydrogens is 276 g/mol. The summed E-state index contributed by atoms with van der Waals surface area (Å²) >= 11 is 3.56. The number of hydrogen-bond acceptors (Lipinski definition) is 1. The molecule has 0 spiro atoms. The van der Waals surface area contributed by atoms with Crippen molar-refractivity contribution in [2.24, 2.45) is 13.0 Å². The van der Waals surface area contributed by atoms with E-state index in [0.29, 0.717) is 5.92 Å². The summed E-state index contributed by atoms with van der Waals surface area (Å²) < 4.78 is 1.90. The van der Waals surface area contributed by atoms with Crippen molar-refractivity contribution < 1.29 is 0 Å². The molecule has 96 valence electrons. The average molecular weight is 299 g/mol. The molecule has 0 saturated heterocycles. The first-order chi connectivity index (χ1) is 7.75. The number of allylic oxidation sites excluding steroid dienone is 1. The Morgan fingerprint density at radius 1 is 1.47 bits per heavy atom. The molecule has 0 aromatic carbocycles. The van der Waals surface area contributed by atoms with E-state index in [-0.39, 0.29) is 5.41 Å². The number of alkyl halides is 1. The molecule has 3 heteroatoms. The maximum Gasteiger partial charge on any atom is 0.0750 e. The summed E-state index contributed by atoms with van der Waals surface area (Å²) in [6.07, 6.45) is 4.37. The van der Waals surface area contributed by atoms with E-state index in [1.54, 1.807) is 0 Å². The van der Waals surface area contributed by atoms with Gasteiger partial charge in [0.25, 0.3) is 0 Å². The highest BCUT2D eigenvalue weighted by Crippen LogP contribution is 2.27. The second kappa shape index (κ2) is 5.38. The molecule has 1 rings (SSSR count). The molecule has 0 aliphatic heterocycles. The summed E-state index contributed by atoms with van der Waals surface area (Å²) in [4.78, 5) is 0. The molecule has 1 aromatic heterocycles. The van der Waals surface area contributed by atoms with E-state index in [1.807, 2.05) is 11.7 Å². The van der Waals surface area contributed by atoms with E-state index in [0.717, 1.165) is 5.33 Å². The minimum atomic E-state index is 0.0848. The van der Waals surface area contributed by atoms with Crippen molar-refractivity contribution in [1.82, 2.24) is 9.78 Å². The summed E-state index contributed by atoms with van der Waals surface area (Å²) in [6, 6.07) is 0. The van der Waals surface area contributed by atoms with Crippen LogP contribution in [0.5, 0.6) is 0 Å². The predicted octanol–water partition coefficient (Wildman–Crippen LogP) is 4.15. The summed E-state index contributed by atoms with van der Waals surface area (Å²) in [5, 5.41) is 5.51. The van der Waals surface area contributed by atoms with Crippen molar-refractivity contribution in [3.05, 3.63) is 23.0 Å². The number of nitrogens with zero attached hydrogens (tertiary/aromatic N) is 2. The molecule has 1 heterocycles. The van der Waals surface area contributed by atoms with E-state index in [9.17, 15) is 0 Å². The maximum atomic E-state index is 4.59. The van der Waals surface area contributed by atoms with E-state index in [1.165, 1.54) is 16.8 Å². The third-order valence-corrected chi connectivity index (χ3v) is 3.45. The highest BCUT2D eigenvalue weighted by atomic mass is 79.9. The first-order valence-electron chi connectivity index (χ1n) is 6.06. The zero-order chi connectivity index (χ0) is 13.2. The van der Waals surface area contributed by atoms with Crippen molar-refractivity contribution in [2.75, 3.05) is 5.33 Å². The minimum absolute atomic E-state index is 0.0848. The third-order valence-electron chi connectivity index (χ3n) is 2.80. The fraction of sp³-hybridized carbons (Fsp3) is 0.643. The van der Waals surface area contributed by atoms with Crippen molar-refractivity contribution in [1.29, 1.82) is 0 Å². The highest BCUT2D eigenvalue weighted by molar-refractivity contribution is 9.09. The Hall–Kier alpha value is -0.570. The lowest BCUT2D eigenvalue weighted by molar-refractivity contribution is 0.552. The predicted molar refractivity (Wildman–Crippen MR) is 78.5 cm³/mol. The topological polar surface area (TPSA) is 17.8 Å². The van der Waals surface area contributed by atoms with E-state index in [4.69, 9.17) is 0 Å². The molecule has 0 fully saturated rings. The van der Waals surface area contributed by atoms with Gasteiger partial charge in [0.15, 0.2) is 0 Å². The molecule has 0 N–H and O–H groups in total. The summed E-state index contributed by atoms with van der Waals surface area (Å²) in [5.74, 6) is 0.558. The monoisotopic (exact) mass is 298 g/mol. The average Bonchev–Trinajstić information content (AvgIpc) is 2.55. The lowest BCUT2D eigenvalue weighted by Gasteiger charge is -2.17. The lowest BCUT2D eigenvalue weighted by Crippen LogP contribution is -2.14. The van der Waals surface area contributed by atoms with Gasteiger partial charge in [0.2, 0.25) is 0 Å². The van der Waals surface area contributed by atoms with Gasteiger partial charge in [0.1, 0.15) is 0 Å². The second-order valence-corrected chi connectivity index (χ2v) is 6.43. The zero-order valence-corrected chi connectivity index (χ0v) is 13.3. The van der Waals surface area contributed by atoms with Gasteiger partial charge in [-0.2, -0.15) is 5.10 Å². The van der Waals surface area contributed by atoms with E-state index >= 15 is 0 Å². The van der Waals surface area contributed by atoms with Crippen molar-refractivity contribution in [2.45, 2.75) is 40.0 Å². The molecule has 17 heavy (non-hydrogen) atoms. The van der Waals surface area contributed by atoms with Gasteiger partial charge in [0.05, 0.1) is 5.69 Å². The van der Waals surface area contributed by atoms with Crippen LogP contribution in [0.25, 0.3) is 6.08 Å². The molecule has 2 nitrogen and oxygen atoms in total. The van der Waals surface area contributed by atoms with Crippen molar-refractivity contribution in [3.8, 4) is 0 Å². The Kier molecular flexibility index (Phi) is 4.59. The van der Waals surface area contributed by atoms with Crippen LogP contribution in [0.15, 0.2) is 11.8 Å². The lowest BCUT2D eigenvalue weighted by atomic mass is 9.88. The number of hydrogen-bond donors (Lipinski definition) is 0. The van der Waals surface area contributed by atoms with Crippen LogP contribution in [0, 0.1) is 5.92 Å². The Labute approximate surface area is 113 Å². The molecule has 0 unspecified atom stereocenters. The Balaban J connectivity index is 3.23. The number of rotatable bonds is 3. The van der Waals surface area contributed by atoms with E-state index in [2.05, 4.69) is 67.9 Å². The number of halogens is 1. The van der Waals surface area contributed by atoms with Crippen LogP contribution in [-0.2, 0) is 12.5 Å². The fourth-order valence-corrected chi connectivity index (χ4v) is 2.56. The minimum Gasteiger partial charge on any atom is -0.275 e. The third kappa shape index (κ3) is 3.70. The van der Waals surface area contributed by atoms with Gasteiger partial charge in [-0.1, -0.05) is 62.2 Å². The normalized spacial score (nSPS) is 13.5. The van der Waals surface area contributed by atoms with Crippen LogP contribution in [0.1, 0.15) is 45.9 Å². The molecule has 1 aromatic rings. The quantitative estimate of drug-likeness (QED) is 0.767. The van der Waals surface area contributed by atoms with Crippen LogP contribution in [-0.4, -0.2) is 15.1 Å². The number of aryl methyl sites for hydroxylation is 1. The maximum absolute atomic E-state index is 4.59. The molecule has 0 bridgehead atoms. The molecule has 0 radical (unpaired) electrons. The van der Waals surface area contributed by atoms with Crippen LogP contribution >= 0.6 is 15.9 Å². The molecule has 0 aliphatic carbocycles. The SMILES string of the molecule is CC(C)C(=Cc1cn(C)nc1C(C)(C)C)CBr. The van der Waals surface area contributed by atoms with Crippen molar-refractivity contribution in [3.63, 3.8) is 0 Å². The van der Waals surface area contributed by atoms with Gasteiger partial charge in [-0.15, -0.1) is 0 Å². The highest BCUT2D eigenvalue weighted by Gasteiger charge is 2.21. The Morgan fingerprint density at radius 3 is 2.47 bits per heavy atom.